The molecule has 2 heteroatoms. The molecule has 0 aromatic heterocycles. The second-order valence-corrected chi connectivity index (χ2v) is 5.23. The molecule has 1 fully saturated rings. The van der Waals surface area contributed by atoms with Gasteiger partial charge in [-0.2, -0.15) is 0 Å². The lowest BCUT2D eigenvalue weighted by atomic mass is 9.88. The number of rotatable bonds is 2. The number of aliphatic hydroxyl groups is 1. The standard InChI is InChI=1S/C15H20O2/c16-15(14-6-3-9-17-14)13-8-7-11-4-1-2-5-12(11)10-13/h7-8,10,14-16H,1-6,9H2. The van der Waals surface area contributed by atoms with Crippen molar-refractivity contribution >= 4 is 0 Å². The Labute approximate surface area is 103 Å². The Balaban J connectivity index is 1.82. The van der Waals surface area contributed by atoms with Crippen LogP contribution in [0.2, 0.25) is 0 Å². The molecule has 1 heterocycles. The summed E-state index contributed by atoms with van der Waals surface area (Å²) >= 11 is 0. The van der Waals surface area contributed by atoms with Crippen LogP contribution in [0.25, 0.3) is 0 Å². The number of aryl methyl sites for hydroxylation is 2. The molecule has 3 rings (SSSR count). The maximum Gasteiger partial charge on any atom is 0.105 e. The van der Waals surface area contributed by atoms with Gasteiger partial charge in [0.2, 0.25) is 0 Å². The molecule has 0 amide bonds. The van der Waals surface area contributed by atoms with Gasteiger partial charge in [0.1, 0.15) is 6.10 Å². The first kappa shape index (κ1) is 11.2. The fourth-order valence-corrected chi connectivity index (χ4v) is 3.00. The molecule has 0 radical (unpaired) electrons. The average molecular weight is 232 g/mol. The number of hydrogen-bond donors (Lipinski definition) is 1. The Morgan fingerprint density at radius 3 is 2.71 bits per heavy atom. The van der Waals surface area contributed by atoms with E-state index < -0.39 is 6.10 Å². The number of aliphatic hydroxyl groups excluding tert-OH is 1. The molecule has 0 saturated carbocycles. The largest absolute Gasteiger partial charge is 0.386 e. The van der Waals surface area contributed by atoms with Gasteiger partial charge in [0, 0.05) is 6.61 Å². The van der Waals surface area contributed by atoms with E-state index >= 15 is 0 Å². The van der Waals surface area contributed by atoms with Crippen LogP contribution >= 0.6 is 0 Å². The normalized spacial score (nSPS) is 25.6. The molecule has 92 valence electrons. The lowest BCUT2D eigenvalue weighted by Gasteiger charge is -2.21. The Kier molecular flexibility index (Phi) is 3.17. The highest BCUT2D eigenvalue weighted by Crippen LogP contribution is 2.30. The average Bonchev–Trinajstić information content (AvgIpc) is 2.91. The van der Waals surface area contributed by atoms with Crippen LogP contribution in [0.4, 0.5) is 0 Å². The molecule has 1 N–H and O–H groups in total. The third-order valence-corrected chi connectivity index (χ3v) is 4.03. The van der Waals surface area contributed by atoms with Gasteiger partial charge in [-0.25, -0.2) is 0 Å². The van der Waals surface area contributed by atoms with Crippen molar-refractivity contribution in [2.75, 3.05) is 6.61 Å². The molecule has 2 aliphatic rings. The van der Waals surface area contributed by atoms with Gasteiger partial charge in [-0.3, -0.25) is 0 Å². The summed E-state index contributed by atoms with van der Waals surface area (Å²) in [4.78, 5) is 0. The van der Waals surface area contributed by atoms with E-state index in [9.17, 15) is 5.11 Å². The summed E-state index contributed by atoms with van der Waals surface area (Å²) in [5.74, 6) is 0. The molecule has 0 bridgehead atoms. The maximum absolute atomic E-state index is 10.3. The molecule has 2 nitrogen and oxygen atoms in total. The van der Waals surface area contributed by atoms with Crippen LogP contribution < -0.4 is 0 Å². The van der Waals surface area contributed by atoms with Crippen molar-refractivity contribution in [3.63, 3.8) is 0 Å². The minimum absolute atomic E-state index is 0.0108. The van der Waals surface area contributed by atoms with Gasteiger partial charge in [0.15, 0.2) is 0 Å². The van der Waals surface area contributed by atoms with Crippen molar-refractivity contribution in [2.45, 2.75) is 50.7 Å². The second-order valence-electron chi connectivity index (χ2n) is 5.23. The van der Waals surface area contributed by atoms with Crippen LogP contribution in [-0.4, -0.2) is 17.8 Å². The lowest BCUT2D eigenvalue weighted by molar-refractivity contribution is -0.00263. The van der Waals surface area contributed by atoms with Crippen molar-refractivity contribution in [3.05, 3.63) is 34.9 Å². The van der Waals surface area contributed by atoms with Gasteiger partial charge in [-0.1, -0.05) is 18.2 Å². The first-order valence-electron chi connectivity index (χ1n) is 6.76. The van der Waals surface area contributed by atoms with Crippen LogP contribution in [0.15, 0.2) is 18.2 Å². The first-order chi connectivity index (χ1) is 8.34. The Morgan fingerprint density at radius 1 is 1.12 bits per heavy atom. The van der Waals surface area contributed by atoms with Gasteiger partial charge in [-0.15, -0.1) is 0 Å². The Hall–Kier alpha value is -0.860. The van der Waals surface area contributed by atoms with E-state index in [4.69, 9.17) is 4.74 Å². The topological polar surface area (TPSA) is 29.5 Å². The Morgan fingerprint density at radius 2 is 1.94 bits per heavy atom. The van der Waals surface area contributed by atoms with Crippen molar-refractivity contribution < 1.29 is 9.84 Å². The lowest BCUT2D eigenvalue weighted by Crippen LogP contribution is -2.17. The smallest absolute Gasteiger partial charge is 0.105 e. The third kappa shape index (κ3) is 2.24. The minimum Gasteiger partial charge on any atom is -0.386 e. The summed E-state index contributed by atoms with van der Waals surface area (Å²) in [5.41, 5.74) is 3.95. The van der Waals surface area contributed by atoms with E-state index in [-0.39, 0.29) is 6.10 Å². The molecule has 1 aliphatic heterocycles. The third-order valence-electron chi connectivity index (χ3n) is 4.03. The molecule has 1 aliphatic carbocycles. The van der Waals surface area contributed by atoms with Gasteiger partial charge in [0.05, 0.1) is 6.10 Å². The summed E-state index contributed by atoms with van der Waals surface area (Å²) in [7, 11) is 0. The van der Waals surface area contributed by atoms with Gasteiger partial charge >= 0.3 is 0 Å². The predicted molar refractivity (Wildman–Crippen MR) is 67.0 cm³/mol. The van der Waals surface area contributed by atoms with Gasteiger partial charge < -0.3 is 9.84 Å². The quantitative estimate of drug-likeness (QED) is 0.849. The van der Waals surface area contributed by atoms with Crippen LogP contribution in [0.5, 0.6) is 0 Å². The van der Waals surface area contributed by atoms with Gasteiger partial charge in [0.25, 0.3) is 0 Å². The fraction of sp³-hybridized carbons (Fsp3) is 0.600. The van der Waals surface area contributed by atoms with Crippen molar-refractivity contribution in [2.24, 2.45) is 0 Å². The summed E-state index contributed by atoms with van der Waals surface area (Å²) in [6.45, 7) is 0.798. The molecule has 17 heavy (non-hydrogen) atoms. The highest BCUT2D eigenvalue weighted by molar-refractivity contribution is 5.35. The molecule has 2 atom stereocenters. The number of fused-ring (bicyclic) bond motifs is 1. The van der Waals surface area contributed by atoms with Crippen LogP contribution in [0.1, 0.15) is 48.5 Å². The summed E-state index contributed by atoms with van der Waals surface area (Å²) in [6, 6.07) is 6.47. The zero-order valence-electron chi connectivity index (χ0n) is 10.2. The maximum atomic E-state index is 10.3. The molecule has 1 aromatic carbocycles. The van der Waals surface area contributed by atoms with E-state index in [1.54, 1.807) is 0 Å². The molecule has 2 unspecified atom stereocenters. The Bertz CT molecular complexity index is 394. The first-order valence-corrected chi connectivity index (χ1v) is 6.76. The summed E-state index contributed by atoms with van der Waals surface area (Å²) in [6.07, 6.45) is 6.59. The van der Waals surface area contributed by atoms with Crippen molar-refractivity contribution in [3.8, 4) is 0 Å². The number of hydrogen-bond acceptors (Lipinski definition) is 2. The molecular formula is C15H20O2. The van der Waals surface area contributed by atoms with E-state index in [1.807, 2.05) is 0 Å². The predicted octanol–water partition coefficient (Wildman–Crippen LogP) is 2.78. The van der Waals surface area contributed by atoms with Gasteiger partial charge in [-0.05, 0) is 55.2 Å². The number of ether oxygens (including phenoxy) is 1. The van der Waals surface area contributed by atoms with Crippen molar-refractivity contribution in [1.29, 1.82) is 0 Å². The van der Waals surface area contributed by atoms with E-state index in [0.29, 0.717) is 0 Å². The summed E-state index contributed by atoms with van der Waals surface area (Å²) in [5, 5.41) is 10.3. The zero-order chi connectivity index (χ0) is 11.7. The van der Waals surface area contributed by atoms with Crippen LogP contribution in [0.3, 0.4) is 0 Å². The second kappa shape index (κ2) is 4.79. The van der Waals surface area contributed by atoms with Crippen molar-refractivity contribution in [1.82, 2.24) is 0 Å². The number of benzene rings is 1. The highest BCUT2D eigenvalue weighted by Gasteiger charge is 2.26. The molecule has 1 aromatic rings. The summed E-state index contributed by atoms with van der Waals surface area (Å²) < 4.78 is 5.56. The highest BCUT2D eigenvalue weighted by atomic mass is 16.5. The SMILES string of the molecule is OC(c1ccc2c(c1)CCCC2)C1CCCO1. The molecule has 0 spiro atoms. The monoisotopic (exact) mass is 232 g/mol. The van der Waals surface area contributed by atoms with E-state index in [1.165, 1.54) is 36.8 Å². The minimum atomic E-state index is -0.440. The van der Waals surface area contributed by atoms with E-state index in [0.717, 1.165) is 25.0 Å². The fourth-order valence-electron chi connectivity index (χ4n) is 3.00. The van der Waals surface area contributed by atoms with Crippen LogP contribution in [-0.2, 0) is 17.6 Å². The molecule has 1 saturated heterocycles. The zero-order valence-corrected chi connectivity index (χ0v) is 10.2. The molecular weight excluding hydrogens is 212 g/mol. The van der Waals surface area contributed by atoms with E-state index in [2.05, 4.69) is 18.2 Å². The van der Waals surface area contributed by atoms with Crippen LogP contribution in [0, 0.1) is 0 Å².